The molecule has 0 bridgehead atoms. The highest BCUT2D eigenvalue weighted by molar-refractivity contribution is 4.97. The third kappa shape index (κ3) is 2.10. The summed E-state index contributed by atoms with van der Waals surface area (Å²) in [5.41, 5.74) is -0.398. The Morgan fingerprint density at radius 3 is 2.33 bits per heavy atom. The molecule has 70 valence electrons. The van der Waals surface area contributed by atoms with Crippen LogP contribution in [-0.2, 0) is 0 Å². The fourth-order valence-corrected chi connectivity index (χ4v) is 2.09. The van der Waals surface area contributed by atoms with Crippen molar-refractivity contribution in [2.24, 2.45) is 5.92 Å². The quantitative estimate of drug-likeness (QED) is 0.629. The van der Waals surface area contributed by atoms with Gasteiger partial charge in [0.2, 0.25) is 0 Å². The molecule has 0 aromatic rings. The fraction of sp³-hybridized carbons (Fsp3) is 0.818. The van der Waals surface area contributed by atoms with Crippen LogP contribution in [0.4, 0.5) is 0 Å². The number of aliphatic hydroxyl groups is 1. The number of rotatable bonds is 2. The van der Waals surface area contributed by atoms with Gasteiger partial charge in [-0.05, 0) is 19.8 Å². The highest BCUT2D eigenvalue weighted by Gasteiger charge is 2.33. The van der Waals surface area contributed by atoms with E-state index in [1.165, 1.54) is 19.3 Å². The first-order valence-electron chi connectivity index (χ1n) is 5.04. The largest absolute Gasteiger partial charge is 0.389 e. The van der Waals surface area contributed by atoms with E-state index in [1.54, 1.807) is 0 Å². The first-order valence-corrected chi connectivity index (χ1v) is 5.04. The first-order chi connectivity index (χ1) is 5.69. The van der Waals surface area contributed by atoms with Gasteiger partial charge in [-0.2, -0.15) is 0 Å². The topological polar surface area (TPSA) is 20.2 Å². The summed E-state index contributed by atoms with van der Waals surface area (Å²) >= 11 is 0. The maximum Gasteiger partial charge on any atom is 0.0707 e. The zero-order valence-electron chi connectivity index (χ0n) is 8.21. The average molecular weight is 168 g/mol. The maximum absolute atomic E-state index is 10.2. The second kappa shape index (κ2) is 4.08. The van der Waals surface area contributed by atoms with Gasteiger partial charge in [-0.1, -0.05) is 38.3 Å². The van der Waals surface area contributed by atoms with Crippen molar-refractivity contribution < 1.29 is 5.11 Å². The van der Waals surface area contributed by atoms with Gasteiger partial charge in [-0.3, -0.25) is 0 Å². The van der Waals surface area contributed by atoms with Crippen LogP contribution in [0.2, 0.25) is 0 Å². The van der Waals surface area contributed by atoms with E-state index < -0.39 is 5.60 Å². The summed E-state index contributed by atoms with van der Waals surface area (Å²) in [4.78, 5) is 0. The van der Waals surface area contributed by atoms with E-state index in [0.29, 0.717) is 5.92 Å². The van der Waals surface area contributed by atoms with E-state index >= 15 is 0 Å². The molecule has 0 saturated heterocycles. The molecule has 1 saturated carbocycles. The normalized spacial score (nSPS) is 25.9. The Labute approximate surface area is 75.5 Å². The predicted molar refractivity (Wildman–Crippen MR) is 52.0 cm³/mol. The van der Waals surface area contributed by atoms with E-state index in [4.69, 9.17) is 0 Å². The van der Waals surface area contributed by atoms with Crippen molar-refractivity contribution in [3.05, 3.63) is 12.2 Å². The molecule has 0 radical (unpaired) electrons. The molecule has 1 rings (SSSR count). The van der Waals surface area contributed by atoms with Crippen LogP contribution < -0.4 is 0 Å². The van der Waals surface area contributed by atoms with Crippen molar-refractivity contribution in [2.75, 3.05) is 0 Å². The smallest absolute Gasteiger partial charge is 0.0707 e. The van der Waals surface area contributed by atoms with Gasteiger partial charge in [0.25, 0.3) is 0 Å². The van der Waals surface area contributed by atoms with Crippen LogP contribution in [0.3, 0.4) is 0 Å². The molecule has 1 aliphatic carbocycles. The molecule has 0 spiro atoms. The third-order valence-corrected chi connectivity index (χ3v) is 3.05. The van der Waals surface area contributed by atoms with E-state index in [2.05, 4.69) is 13.0 Å². The summed E-state index contributed by atoms with van der Waals surface area (Å²) in [6.45, 7) is 4.13. The van der Waals surface area contributed by atoms with Crippen molar-refractivity contribution in [3.8, 4) is 0 Å². The molecule has 12 heavy (non-hydrogen) atoms. The molecule has 0 aromatic heterocycles. The Morgan fingerprint density at radius 2 is 1.83 bits per heavy atom. The highest BCUT2D eigenvalue weighted by Crippen LogP contribution is 2.34. The van der Waals surface area contributed by atoms with Crippen LogP contribution >= 0.6 is 0 Å². The van der Waals surface area contributed by atoms with Crippen molar-refractivity contribution in [2.45, 2.75) is 51.6 Å². The van der Waals surface area contributed by atoms with Crippen LogP contribution in [0.25, 0.3) is 0 Å². The summed E-state index contributed by atoms with van der Waals surface area (Å²) in [5, 5.41) is 10.2. The van der Waals surface area contributed by atoms with E-state index in [-0.39, 0.29) is 0 Å². The first kappa shape index (κ1) is 9.79. The summed E-state index contributed by atoms with van der Waals surface area (Å²) in [5.74, 6) is 0.322. The molecule has 1 unspecified atom stereocenters. The minimum Gasteiger partial charge on any atom is -0.389 e. The standard InChI is InChI=1S/C11H20O/c1-3-7-10(2)11(12)8-5-4-6-9-11/h3,7,10,12H,4-6,8-9H2,1-2H3/b7-3+. The zero-order valence-corrected chi connectivity index (χ0v) is 8.21. The second-order valence-electron chi connectivity index (χ2n) is 3.98. The van der Waals surface area contributed by atoms with Gasteiger partial charge in [0.1, 0.15) is 0 Å². The van der Waals surface area contributed by atoms with Gasteiger partial charge in [0.05, 0.1) is 5.60 Å². The molecule has 0 aliphatic heterocycles. The van der Waals surface area contributed by atoms with E-state index in [0.717, 1.165) is 12.8 Å². The minimum atomic E-state index is -0.398. The highest BCUT2D eigenvalue weighted by atomic mass is 16.3. The Bertz CT molecular complexity index is 154. The predicted octanol–water partition coefficient (Wildman–Crippen LogP) is 2.89. The Morgan fingerprint density at radius 1 is 1.25 bits per heavy atom. The molecule has 0 amide bonds. The maximum atomic E-state index is 10.2. The summed E-state index contributed by atoms with van der Waals surface area (Å²) in [6.07, 6.45) is 9.81. The molecule has 1 nitrogen and oxygen atoms in total. The van der Waals surface area contributed by atoms with Gasteiger partial charge in [-0.15, -0.1) is 0 Å². The zero-order chi connectivity index (χ0) is 9.03. The number of allylic oxidation sites excluding steroid dienone is 1. The van der Waals surface area contributed by atoms with Gasteiger partial charge >= 0.3 is 0 Å². The van der Waals surface area contributed by atoms with Crippen molar-refractivity contribution in [3.63, 3.8) is 0 Å². The van der Waals surface area contributed by atoms with Crippen LogP contribution in [-0.4, -0.2) is 10.7 Å². The Hall–Kier alpha value is -0.300. The third-order valence-electron chi connectivity index (χ3n) is 3.05. The van der Waals surface area contributed by atoms with Gasteiger partial charge < -0.3 is 5.11 Å². The van der Waals surface area contributed by atoms with Gasteiger partial charge in [0, 0.05) is 5.92 Å². The number of hydrogen-bond donors (Lipinski definition) is 1. The lowest BCUT2D eigenvalue weighted by molar-refractivity contribution is -0.0273. The van der Waals surface area contributed by atoms with Crippen LogP contribution in [0.5, 0.6) is 0 Å². The summed E-state index contributed by atoms with van der Waals surface area (Å²) in [6, 6.07) is 0. The summed E-state index contributed by atoms with van der Waals surface area (Å²) < 4.78 is 0. The second-order valence-corrected chi connectivity index (χ2v) is 3.98. The van der Waals surface area contributed by atoms with Crippen molar-refractivity contribution >= 4 is 0 Å². The van der Waals surface area contributed by atoms with Gasteiger partial charge in [-0.25, -0.2) is 0 Å². The van der Waals surface area contributed by atoms with Gasteiger partial charge in [0.15, 0.2) is 0 Å². The Kier molecular flexibility index (Phi) is 3.33. The lowest BCUT2D eigenvalue weighted by atomic mass is 9.76. The Balaban J connectivity index is 2.55. The van der Waals surface area contributed by atoms with E-state index in [9.17, 15) is 5.11 Å². The SMILES string of the molecule is C/C=C/C(C)C1(O)CCCCC1. The molecule has 0 heterocycles. The van der Waals surface area contributed by atoms with Crippen molar-refractivity contribution in [1.29, 1.82) is 0 Å². The van der Waals surface area contributed by atoms with E-state index in [1.807, 2.05) is 13.0 Å². The monoisotopic (exact) mass is 168 g/mol. The molecular weight excluding hydrogens is 148 g/mol. The van der Waals surface area contributed by atoms with Crippen LogP contribution in [0.1, 0.15) is 46.0 Å². The molecule has 1 N–H and O–H groups in total. The molecular formula is C11H20O. The molecule has 1 atom stereocenters. The van der Waals surface area contributed by atoms with Crippen LogP contribution in [0.15, 0.2) is 12.2 Å². The van der Waals surface area contributed by atoms with Crippen molar-refractivity contribution in [1.82, 2.24) is 0 Å². The lowest BCUT2D eigenvalue weighted by Gasteiger charge is -2.36. The molecule has 0 aromatic carbocycles. The molecule has 1 heteroatoms. The minimum absolute atomic E-state index is 0.322. The average Bonchev–Trinajstić information content (AvgIpc) is 2.06. The molecule has 1 fully saturated rings. The van der Waals surface area contributed by atoms with Crippen LogP contribution in [0, 0.1) is 5.92 Å². The summed E-state index contributed by atoms with van der Waals surface area (Å²) in [7, 11) is 0. The number of hydrogen-bond acceptors (Lipinski definition) is 1. The fourth-order valence-electron chi connectivity index (χ4n) is 2.09. The lowest BCUT2D eigenvalue weighted by Crippen LogP contribution is -2.37. The molecule has 1 aliphatic rings.